The summed E-state index contributed by atoms with van der Waals surface area (Å²) in [6.45, 7) is -3.06. The van der Waals surface area contributed by atoms with Crippen LogP contribution in [0.15, 0.2) is 36.4 Å². The molecule has 0 fully saturated rings. The molecule has 0 radical (unpaired) electrons. The summed E-state index contributed by atoms with van der Waals surface area (Å²) in [5.41, 5.74) is -0.513. The maximum absolute atomic E-state index is 13.6. The van der Waals surface area contributed by atoms with Crippen LogP contribution in [0.2, 0.25) is 0 Å². The van der Waals surface area contributed by atoms with E-state index in [2.05, 4.69) is 4.74 Å². The van der Waals surface area contributed by atoms with Gasteiger partial charge in [-0.25, -0.2) is 13.2 Å². The highest BCUT2D eigenvalue weighted by atomic mass is 19.3. The van der Waals surface area contributed by atoms with Crippen LogP contribution in [0, 0.1) is 17.5 Å². The van der Waals surface area contributed by atoms with Crippen molar-refractivity contribution >= 4 is 0 Å². The highest BCUT2D eigenvalue weighted by molar-refractivity contribution is 5.36. The van der Waals surface area contributed by atoms with Crippen LogP contribution in [0.3, 0.4) is 0 Å². The van der Waals surface area contributed by atoms with Gasteiger partial charge in [-0.2, -0.15) is 8.78 Å². The fraction of sp³-hybridized carbons (Fsp3) is 0.143. The van der Waals surface area contributed by atoms with Crippen molar-refractivity contribution in [1.82, 2.24) is 0 Å². The van der Waals surface area contributed by atoms with Crippen molar-refractivity contribution in [3.63, 3.8) is 0 Å². The monoisotopic (exact) mass is 304 g/mol. The second kappa shape index (κ2) is 6.09. The number of alkyl halides is 2. The topological polar surface area (TPSA) is 29.5 Å². The molecule has 2 rings (SSSR count). The zero-order valence-corrected chi connectivity index (χ0v) is 10.4. The third-order valence-electron chi connectivity index (χ3n) is 2.73. The van der Waals surface area contributed by atoms with Gasteiger partial charge in [-0.1, -0.05) is 12.1 Å². The largest absolute Gasteiger partial charge is 0.435 e. The molecular weight excluding hydrogens is 295 g/mol. The fourth-order valence-corrected chi connectivity index (χ4v) is 1.79. The number of halogens is 5. The number of rotatable bonds is 4. The van der Waals surface area contributed by atoms with Gasteiger partial charge in [0.05, 0.1) is 0 Å². The van der Waals surface area contributed by atoms with Gasteiger partial charge >= 0.3 is 6.61 Å². The molecule has 1 unspecified atom stereocenters. The quantitative estimate of drug-likeness (QED) is 0.688. The summed E-state index contributed by atoms with van der Waals surface area (Å²) >= 11 is 0. The molecule has 21 heavy (non-hydrogen) atoms. The average molecular weight is 304 g/mol. The molecule has 2 nitrogen and oxygen atoms in total. The summed E-state index contributed by atoms with van der Waals surface area (Å²) in [5.74, 6) is -4.12. The van der Waals surface area contributed by atoms with Gasteiger partial charge in [0.15, 0.2) is 11.6 Å². The Morgan fingerprint density at radius 1 is 0.905 bits per heavy atom. The van der Waals surface area contributed by atoms with Gasteiger partial charge < -0.3 is 9.84 Å². The molecule has 0 amide bonds. The van der Waals surface area contributed by atoms with E-state index in [1.807, 2.05) is 0 Å². The van der Waals surface area contributed by atoms with Gasteiger partial charge in [0, 0.05) is 11.6 Å². The van der Waals surface area contributed by atoms with Crippen molar-refractivity contribution in [3.05, 3.63) is 65.0 Å². The van der Waals surface area contributed by atoms with E-state index in [4.69, 9.17) is 0 Å². The van der Waals surface area contributed by atoms with E-state index >= 15 is 0 Å². The molecule has 7 heteroatoms. The van der Waals surface area contributed by atoms with Crippen LogP contribution in [0.5, 0.6) is 5.75 Å². The maximum Gasteiger partial charge on any atom is 0.387 e. The molecule has 0 spiro atoms. The van der Waals surface area contributed by atoms with E-state index in [0.717, 1.165) is 6.07 Å². The molecule has 0 aliphatic heterocycles. The summed E-state index contributed by atoms with van der Waals surface area (Å²) in [7, 11) is 0. The third kappa shape index (κ3) is 3.49. The first-order chi connectivity index (χ1) is 9.88. The zero-order chi connectivity index (χ0) is 15.6. The number of benzene rings is 2. The van der Waals surface area contributed by atoms with Gasteiger partial charge in [0.1, 0.15) is 17.7 Å². The van der Waals surface area contributed by atoms with Crippen LogP contribution in [0.1, 0.15) is 17.2 Å². The average Bonchev–Trinajstić information content (AvgIpc) is 2.41. The minimum Gasteiger partial charge on any atom is -0.435 e. The maximum atomic E-state index is 13.6. The van der Waals surface area contributed by atoms with Crippen molar-refractivity contribution in [1.29, 1.82) is 0 Å². The molecule has 0 saturated heterocycles. The standard InChI is InChI=1S/C14H9F5O2/c15-10-6-12(17)11(16)5-9(10)13(20)7-2-1-3-8(4-7)21-14(18)19/h1-6,13-14,20H. The second-order valence-corrected chi connectivity index (χ2v) is 4.14. The Hall–Kier alpha value is -2.15. The first kappa shape index (κ1) is 15.2. The smallest absolute Gasteiger partial charge is 0.387 e. The van der Waals surface area contributed by atoms with E-state index in [9.17, 15) is 27.1 Å². The second-order valence-electron chi connectivity index (χ2n) is 4.14. The number of hydrogen-bond acceptors (Lipinski definition) is 2. The molecule has 2 aromatic rings. The van der Waals surface area contributed by atoms with Crippen LogP contribution < -0.4 is 4.74 Å². The van der Waals surface area contributed by atoms with Gasteiger partial charge in [0.2, 0.25) is 0 Å². The number of ether oxygens (including phenoxy) is 1. The SMILES string of the molecule is OC(c1cccc(OC(F)F)c1)c1cc(F)c(F)cc1F. The van der Waals surface area contributed by atoms with Crippen molar-refractivity contribution in [2.75, 3.05) is 0 Å². The van der Waals surface area contributed by atoms with Gasteiger partial charge in [-0.15, -0.1) is 0 Å². The van der Waals surface area contributed by atoms with Gasteiger partial charge in [0.25, 0.3) is 0 Å². The highest BCUT2D eigenvalue weighted by Crippen LogP contribution is 2.28. The molecule has 0 bridgehead atoms. The summed E-state index contributed by atoms with van der Waals surface area (Å²) in [4.78, 5) is 0. The van der Waals surface area contributed by atoms with E-state index in [1.54, 1.807) is 0 Å². The van der Waals surface area contributed by atoms with E-state index in [0.29, 0.717) is 12.1 Å². The molecule has 0 aromatic heterocycles. The Kier molecular flexibility index (Phi) is 4.42. The fourth-order valence-electron chi connectivity index (χ4n) is 1.79. The van der Waals surface area contributed by atoms with Crippen molar-refractivity contribution < 1.29 is 31.8 Å². The van der Waals surface area contributed by atoms with Gasteiger partial charge in [-0.05, 0) is 23.8 Å². The molecule has 1 atom stereocenters. The zero-order valence-electron chi connectivity index (χ0n) is 10.4. The lowest BCUT2D eigenvalue weighted by Crippen LogP contribution is -2.06. The Morgan fingerprint density at radius 3 is 2.24 bits per heavy atom. The van der Waals surface area contributed by atoms with Crippen molar-refractivity contribution in [3.8, 4) is 5.75 Å². The summed E-state index contributed by atoms with van der Waals surface area (Å²) in [6, 6.07) is 5.68. The molecule has 112 valence electrons. The lowest BCUT2D eigenvalue weighted by atomic mass is 10.0. The van der Waals surface area contributed by atoms with E-state index in [-0.39, 0.29) is 11.3 Å². The Balaban J connectivity index is 2.36. The predicted octanol–water partition coefficient (Wildman–Crippen LogP) is 3.79. The van der Waals surface area contributed by atoms with E-state index in [1.165, 1.54) is 18.2 Å². The highest BCUT2D eigenvalue weighted by Gasteiger charge is 2.19. The third-order valence-corrected chi connectivity index (χ3v) is 2.73. The van der Waals surface area contributed by atoms with Crippen molar-refractivity contribution in [2.45, 2.75) is 12.7 Å². The summed E-state index contributed by atoms with van der Waals surface area (Å²) < 4.78 is 67.8. The predicted molar refractivity (Wildman–Crippen MR) is 63.5 cm³/mol. The number of aliphatic hydroxyl groups is 1. The first-order valence-corrected chi connectivity index (χ1v) is 5.75. The molecule has 2 aromatic carbocycles. The van der Waals surface area contributed by atoms with Crippen molar-refractivity contribution in [2.24, 2.45) is 0 Å². The van der Waals surface area contributed by atoms with E-state index < -0.39 is 35.7 Å². The van der Waals surface area contributed by atoms with Crippen LogP contribution in [0.25, 0.3) is 0 Å². The first-order valence-electron chi connectivity index (χ1n) is 5.75. The molecule has 1 N–H and O–H groups in total. The number of aliphatic hydroxyl groups excluding tert-OH is 1. The van der Waals surface area contributed by atoms with Crippen LogP contribution in [-0.2, 0) is 0 Å². The molecule has 0 heterocycles. The Bertz CT molecular complexity index is 645. The molecule has 0 saturated carbocycles. The molecule has 0 aliphatic rings. The van der Waals surface area contributed by atoms with Crippen LogP contribution in [0.4, 0.5) is 22.0 Å². The summed E-state index contributed by atoms with van der Waals surface area (Å²) in [6.07, 6.45) is -1.65. The normalized spacial score (nSPS) is 12.5. The lowest BCUT2D eigenvalue weighted by Gasteiger charge is -2.14. The van der Waals surface area contributed by atoms with Gasteiger partial charge in [-0.3, -0.25) is 0 Å². The Morgan fingerprint density at radius 2 is 1.57 bits per heavy atom. The molecular formula is C14H9F5O2. The van der Waals surface area contributed by atoms with Crippen LogP contribution in [-0.4, -0.2) is 11.7 Å². The van der Waals surface area contributed by atoms with Crippen LogP contribution >= 0.6 is 0 Å². The lowest BCUT2D eigenvalue weighted by molar-refractivity contribution is -0.0499. The Labute approximate surface area is 116 Å². The minimum absolute atomic E-state index is 0.00180. The molecule has 0 aliphatic carbocycles. The minimum atomic E-state index is -3.06. The number of hydrogen-bond donors (Lipinski definition) is 1. The summed E-state index contributed by atoms with van der Waals surface area (Å²) in [5, 5.41) is 9.97.